The Morgan fingerprint density at radius 1 is 1.33 bits per heavy atom. The number of thiazole rings is 1. The normalized spacial score (nSPS) is 22.8. The number of aromatic nitrogens is 1. The lowest BCUT2D eigenvalue weighted by molar-refractivity contribution is -0.132. The molecule has 1 aliphatic heterocycles. The van der Waals surface area contributed by atoms with Crippen molar-refractivity contribution in [1.29, 1.82) is 0 Å². The number of hydrogen-bond donors (Lipinski definition) is 1. The van der Waals surface area contributed by atoms with E-state index in [1.54, 1.807) is 11.3 Å². The topological polar surface area (TPSA) is 62.3 Å². The number of piperidine rings is 1. The van der Waals surface area contributed by atoms with Crippen LogP contribution in [0, 0.1) is 11.8 Å². The summed E-state index contributed by atoms with van der Waals surface area (Å²) in [7, 11) is 0. The van der Waals surface area contributed by atoms with Gasteiger partial charge in [-0.2, -0.15) is 0 Å². The molecule has 1 aromatic carbocycles. The fourth-order valence-electron chi connectivity index (χ4n) is 3.74. The van der Waals surface area contributed by atoms with Gasteiger partial charge in [0, 0.05) is 42.9 Å². The van der Waals surface area contributed by atoms with Crippen molar-refractivity contribution >= 4 is 45.0 Å². The van der Waals surface area contributed by atoms with Gasteiger partial charge in [-0.25, -0.2) is 4.98 Å². The van der Waals surface area contributed by atoms with Gasteiger partial charge >= 0.3 is 0 Å². The van der Waals surface area contributed by atoms with E-state index in [2.05, 4.69) is 12.2 Å². The third-order valence-electron chi connectivity index (χ3n) is 5.65. The SMILES string of the molecule is CC1CC1C(=O)NCCC(=O)N1CCC(c2nc3cc(Cl)ccc3s2)CC1. The lowest BCUT2D eigenvalue weighted by Gasteiger charge is -2.31. The molecule has 1 aromatic heterocycles. The molecule has 2 aromatic rings. The molecule has 4 rings (SSSR count). The number of hydrogen-bond acceptors (Lipinski definition) is 4. The number of nitrogens with one attached hydrogen (secondary N) is 1. The second-order valence-corrected chi connectivity index (χ2v) is 9.18. The largest absolute Gasteiger partial charge is 0.355 e. The molecule has 2 unspecified atom stereocenters. The molecule has 2 fully saturated rings. The van der Waals surface area contributed by atoms with E-state index in [0.29, 0.717) is 29.8 Å². The van der Waals surface area contributed by atoms with Gasteiger partial charge in [-0.1, -0.05) is 18.5 Å². The van der Waals surface area contributed by atoms with E-state index in [9.17, 15) is 9.59 Å². The van der Waals surface area contributed by atoms with Crippen LogP contribution < -0.4 is 5.32 Å². The first-order valence-electron chi connectivity index (χ1n) is 9.62. The van der Waals surface area contributed by atoms with Crippen molar-refractivity contribution in [2.45, 2.75) is 38.5 Å². The Bertz CT molecular complexity index is 860. The average Bonchev–Trinajstić information content (AvgIpc) is 3.25. The van der Waals surface area contributed by atoms with E-state index in [-0.39, 0.29) is 17.7 Å². The lowest BCUT2D eigenvalue weighted by atomic mass is 9.97. The van der Waals surface area contributed by atoms with E-state index in [1.165, 1.54) is 0 Å². The molecule has 7 heteroatoms. The fourth-order valence-corrected chi connectivity index (χ4v) is 5.02. The zero-order valence-corrected chi connectivity index (χ0v) is 17.0. The van der Waals surface area contributed by atoms with Crippen LogP contribution in [0.5, 0.6) is 0 Å². The molecule has 0 spiro atoms. The number of fused-ring (bicyclic) bond motifs is 1. The summed E-state index contributed by atoms with van der Waals surface area (Å²) >= 11 is 7.78. The Morgan fingerprint density at radius 2 is 2.07 bits per heavy atom. The number of carbonyl (C=O) groups excluding carboxylic acids is 2. The fraction of sp³-hybridized carbons (Fsp3) is 0.550. The molecule has 2 aliphatic rings. The standard InChI is InChI=1S/C20H24ClN3O2S/c1-12-10-15(12)19(26)22-7-4-18(25)24-8-5-13(6-9-24)20-23-16-11-14(21)2-3-17(16)27-20/h2-3,11-13,15H,4-10H2,1H3,(H,22,26). The van der Waals surface area contributed by atoms with Crippen molar-refractivity contribution in [3.05, 3.63) is 28.2 Å². The van der Waals surface area contributed by atoms with Crippen LogP contribution in [0.15, 0.2) is 18.2 Å². The van der Waals surface area contributed by atoms with Crippen LogP contribution in [0.25, 0.3) is 10.2 Å². The van der Waals surface area contributed by atoms with Crippen LogP contribution in [0.2, 0.25) is 5.02 Å². The molecular weight excluding hydrogens is 382 g/mol. The van der Waals surface area contributed by atoms with E-state index in [1.807, 2.05) is 23.1 Å². The van der Waals surface area contributed by atoms with E-state index >= 15 is 0 Å². The highest BCUT2D eigenvalue weighted by Crippen LogP contribution is 2.37. The van der Waals surface area contributed by atoms with Crippen LogP contribution in [0.4, 0.5) is 0 Å². The summed E-state index contributed by atoms with van der Waals surface area (Å²) in [5, 5.41) is 4.75. The zero-order chi connectivity index (χ0) is 19.0. The van der Waals surface area contributed by atoms with Crippen LogP contribution in [0.1, 0.15) is 43.5 Å². The molecule has 0 radical (unpaired) electrons. The van der Waals surface area contributed by atoms with Gasteiger partial charge in [0.25, 0.3) is 0 Å². The number of halogens is 1. The number of nitrogens with zero attached hydrogens (tertiary/aromatic N) is 2. The predicted molar refractivity (Wildman–Crippen MR) is 108 cm³/mol. The molecular formula is C20H24ClN3O2S. The van der Waals surface area contributed by atoms with E-state index in [0.717, 1.165) is 47.6 Å². The first kappa shape index (κ1) is 18.7. The Kier molecular flexibility index (Phi) is 5.37. The molecule has 27 heavy (non-hydrogen) atoms. The third kappa shape index (κ3) is 4.27. The minimum Gasteiger partial charge on any atom is -0.355 e. The smallest absolute Gasteiger partial charge is 0.224 e. The molecule has 1 saturated carbocycles. The molecule has 1 aliphatic carbocycles. The van der Waals surface area contributed by atoms with Crippen molar-refractivity contribution in [2.75, 3.05) is 19.6 Å². The van der Waals surface area contributed by atoms with Crippen LogP contribution in [0.3, 0.4) is 0 Å². The summed E-state index contributed by atoms with van der Waals surface area (Å²) in [4.78, 5) is 30.9. The van der Waals surface area contributed by atoms with Gasteiger partial charge in [-0.15, -0.1) is 11.3 Å². The maximum Gasteiger partial charge on any atom is 0.224 e. The molecule has 144 valence electrons. The zero-order valence-electron chi connectivity index (χ0n) is 15.4. The molecule has 1 N–H and O–H groups in total. The summed E-state index contributed by atoms with van der Waals surface area (Å²) in [6, 6.07) is 5.83. The van der Waals surface area contributed by atoms with Crippen molar-refractivity contribution < 1.29 is 9.59 Å². The van der Waals surface area contributed by atoms with Gasteiger partial charge in [0.15, 0.2) is 0 Å². The minimum absolute atomic E-state index is 0.102. The highest BCUT2D eigenvalue weighted by molar-refractivity contribution is 7.18. The molecule has 5 nitrogen and oxygen atoms in total. The number of benzene rings is 1. The van der Waals surface area contributed by atoms with Crippen molar-refractivity contribution in [1.82, 2.24) is 15.2 Å². The lowest BCUT2D eigenvalue weighted by Crippen LogP contribution is -2.39. The summed E-state index contributed by atoms with van der Waals surface area (Å²) in [5.41, 5.74) is 0.960. The molecule has 1 saturated heterocycles. The molecule has 2 amide bonds. The summed E-state index contributed by atoms with van der Waals surface area (Å²) < 4.78 is 1.16. The Balaban J connectivity index is 1.25. The predicted octanol–water partition coefficient (Wildman–Crippen LogP) is 3.82. The second kappa shape index (κ2) is 7.76. The number of likely N-dealkylation sites (tertiary alicyclic amines) is 1. The first-order chi connectivity index (χ1) is 13.0. The molecule has 2 atom stereocenters. The van der Waals surface area contributed by atoms with Crippen molar-refractivity contribution in [2.24, 2.45) is 11.8 Å². The highest BCUT2D eigenvalue weighted by Gasteiger charge is 2.38. The van der Waals surface area contributed by atoms with E-state index < -0.39 is 0 Å². The van der Waals surface area contributed by atoms with Crippen LogP contribution in [-0.2, 0) is 9.59 Å². The van der Waals surface area contributed by atoms with Gasteiger partial charge in [-0.3, -0.25) is 9.59 Å². The van der Waals surface area contributed by atoms with Crippen molar-refractivity contribution in [3.63, 3.8) is 0 Å². The minimum atomic E-state index is 0.102. The third-order valence-corrected chi connectivity index (χ3v) is 7.08. The molecule has 0 bridgehead atoms. The van der Waals surface area contributed by atoms with Gasteiger partial charge in [0.1, 0.15) is 0 Å². The summed E-state index contributed by atoms with van der Waals surface area (Å²) in [5.74, 6) is 1.30. The summed E-state index contributed by atoms with van der Waals surface area (Å²) in [6.45, 7) is 4.04. The maximum atomic E-state index is 12.4. The monoisotopic (exact) mass is 405 g/mol. The number of amides is 2. The maximum absolute atomic E-state index is 12.4. The van der Waals surface area contributed by atoms with Crippen LogP contribution >= 0.6 is 22.9 Å². The van der Waals surface area contributed by atoms with E-state index in [4.69, 9.17) is 16.6 Å². The average molecular weight is 406 g/mol. The second-order valence-electron chi connectivity index (χ2n) is 7.68. The number of rotatable bonds is 5. The Hall–Kier alpha value is -1.66. The molecule has 2 heterocycles. The number of carbonyl (C=O) groups is 2. The van der Waals surface area contributed by atoms with Gasteiger partial charge in [0.05, 0.1) is 15.2 Å². The quantitative estimate of drug-likeness (QED) is 0.822. The van der Waals surface area contributed by atoms with Crippen LogP contribution in [-0.4, -0.2) is 41.3 Å². The van der Waals surface area contributed by atoms with Crippen molar-refractivity contribution in [3.8, 4) is 0 Å². The van der Waals surface area contributed by atoms with Gasteiger partial charge in [0.2, 0.25) is 11.8 Å². The van der Waals surface area contributed by atoms with Gasteiger partial charge in [-0.05, 0) is 43.4 Å². The Labute approximate surface area is 168 Å². The first-order valence-corrected chi connectivity index (χ1v) is 10.8. The highest BCUT2D eigenvalue weighted by atomic mass is 35.5. The van der Waals surface area contributed by atoms with Gasteiger partial charge < -0.3 is 10.2 Å². The Morgan fingerprint density at radius 3 is 2.78 bits per heavy atom. The summed E-state index contributed by atoms with van der Waals surface area (Å²) in [6.07, 6.45) is 3.24.